The highest BCUT2D eigenvalue weighted by Gasteiger charge is 1.90. The maximum atomic E-state index is 3.87. The molecular weight excluding hydrogens is 192 g/mol. The van der Waals surface area contributed by atoms with Crippen LogP contribution in [0.5, 0.6) is 0 Å². The van der Waals surface area contributed by atoms with Crippen molar-refractivity contribution in [2.45, 2.75) is 84.0 Å². The summed E-state index contributed by atoms with van der Waals surface area (Å²) in [6, 6.07) is 0. The number of rotatable bonds is 12. The third kappa shape index (κ3) is 13.7. The SMILES string of the molecule is [CH2]CCCCCCCCCCC=CCCC. The smallest absolute Gasteiger partial charge is 0.0351 e. The van der Waals surface area contributed by atoms with Crippen molar-refractivity contribution in [3.05, 3.63) is 19.1 Å². The Bertz CT molecular complexity index is 135. The maximum absolute atomic E-state index is 3.87. The lowest BCUT2D eigenvalue weighted by atomic mass is 10.1. The Hall–Kier alpha value is -0.260. The first-order valence-corrected chi connectivity index (χ1v) is 7.36. The van der Waals surface area contributed by atoms with E-state index in [1.807, 2.05) is 0 Å². The van der Waals surface area contributed by atoms with Gasteiger partial charge in [0.1, 0.15) is 0 Å². The van der Waals surface area contributed by atoms with Gasteiger partial charge < -0.3 is 0 Å². The van der Waals surface area contributed by atoms with E-state index in [-0.39, 0.29) is 0 Å². The molecule has 0 fully saturated rings. The lowest BCUT2D eigenvalue weighted by Crippen LogP contribution is -1.80. The molecule has 0 unspecified atom stereocenters. The van der Waals surface area contributed by atoms with Crippen LogP contribution in [0.3, 0.4) is 0 Å². The van der Waals surface area contributed by atoms with Crippen molar-refractivity contribution >= 4 is 0 Å². The average molecular weight is 223 g/mol. The Morgan fingerprint density at radius 3 is 1.75 bits per heavy atom. The predicted molar refractivity (Wildman–Crippen MR) is 75.6 cm³/mol. The van der Waals surface area contributed by atoms with Gasteiger partial charge in [0.05, 0.1) is 0 Å². The van der Waals surface area contributed by atoms with Gasteiger partial charge in [-0.2, -0.15) is 0 Å². The minimum Gasteiger partial charge on any atom is -0.0885 e. The first-order valence-electron chi connectivity index (χ1n) is 7.36. The second-order valence-electron chi connectivity index (χ2n) is 4.73. The monoisotopic (exact) mass is 223 g/mol. The number of hydrogen-bond donors (Lipinski definition) is 0. The van der Waals surface area contributed by atoms with E-state index in [1.165, 1.54) is 70.6 Å². The summed E-state index contributed by atoms with van der Waals surface area (Å²) in [5, 5.41) is 0. The van der Waals surface area contributed by atoms with Gasteiger partial charge in [-0.3, -0.25) is 0 Å². The van der Waals surface area contributed by atoms with Crippen molar-refractivity contribution in [3.63, 3.8) is 0 Å². The molecule has 1 radical (unpaired) electrons. The number of allylic oxidation sites excluding steroid dienone is 2. The van der Waals surface area contributed by atoms with E-state index >= 15 is 0 Å². The summed E-state index contributed by atoms with van der Waals surface area (Å²) in [6.07, 6.45) is 20.9. The van der Waals surface area contributed by atoms with Gasteiger partial charge in [-0.25, -0.2) is 0 Å². The normalized spacial score (nSPS) is 11.4. The highest BCUT2D eigenvalue weighted by Crippen LogP contribution is 2.10. The molecule has 0 aromatic heterocycles. The third-order valence-electron chi connectivity index (χ3n) is 2.99. The molecule has 0 bridgehead atoms. The molecule has 16 heavy (non-hydrogen) atoms. The molecule has 0 aliphatic rings. The zero-order valence-electron chi connectivity index (χ0n) is 11.3. The van der Waals surface area contributed by atoms with E-state index in [2.05, 4.69) is 26.0 Å². The molecular formula is C16H31. The largest absolute Gasteiger partial charge is 0.0885 e. The molecule has 95 valence electrons. The molecule has 0 saturated carbocycles. The molecule has 0 nitrogen and oxygen atoms in total. The van der Waals surface area contributed by atoms with Crippen LogP contribution < -0.4 is 0 Å². The molecule has 0 aliphatic heterocycles. The first kappa shape index (κ1) is 15.7. The van der Waals surface area contributed by atoms with Crippen molar-refractivity contribution in [3.8, 4) is 0 Å². The fraction of sp³-hybridized carbons (Fsp3) is 0.812. The van der Waals surface area contributed by atoms with Crippen LogP contribution in [0.15, 0.2) is 12.2 Å². The van der Waals surface area contributed by atoms with Gasteiger partial charge in [0.2, 0.25) is 0 Å². The second kappa shape index (κ2) is 14.7. The average Bonchev–Trinajstić information content (AvgIpc) is 2.31. The minimum absolute atomic E-state index is 1.12. The van der Waals surface area contributed by atoms with Gasteiger partial charge in [-0.15, -0.1) is 0 Å². The molecule has 0 aliphatic carbocycles. The molecule has 0 heterocycles. The van der Waals surface area contributed by atoms with Gasteiger partial charge >= 0.3 is 0 Å². The fourth-order valence-electron chi connectivity index (χ4n) is 1.90. The van der Waals surface area contributed by atoms with Crippen molar-refractivity contribution in [1.82, 2.24) is 0 Å². The number of unbranched alkanes of at least 4 members (excludes halogenated alkanes) is 10. The summed E-state index contributed by atoms with van der Waals surface area (Å²) in [5.74, 6) is 0. The van der Waals surface area contributed by atoms with Crippen molar-refractivity contribution in [1.29, 1.82) is 0 Å². The standard InChI is InChI=1S/C16H31/c1-3-5-7-9-11-13-15-16-14-12-10-8-6-4-2/h8,10H,1,3-7,9,11-16H2,2H3. The van der Waals surface area contributed by atoms with E-state index in [9.17, 15) is 0 Å². The molecule has 0 atom stereocenters. The van der Waals surface area contributed by atoms with Gasteiger partial charge in [0.25, 0.3) is 0 Å². The van der Waals surface area contributed by atoms with E-state index in [1.54, 1.807) is 0 Å². The van der Waals surface area contributed by atoms with Crippen LogP contribution in [-0.4, -0.2) is 0 Å². The van der Waals surface area contributed by atoms with Gasteiger partial charge in [-0.05, 0) is 19.3 Å². The summed E-state index contributed by atoms with van der Waals surface area (Å²) in [6.45, 7) is 6.10. The minimum atomic E-state index is 1.12. The Labute approximate surface area is 104 Å². The lowest BCUT2D eigenvalue weighted by molar-refractivity contribution is 0.571. The van der Waals surface area contributed by atoms with Gasteiger partial charge in [-0.1, -0.05) is 83.8 Å². The van der Waals surface area contributed by atoms with Crippen molar-refractivity contribution in [2.75, 3.05) is 0 Å². The van der Waals surface area contributed by atoms with E-state index in [4.69, 9.17) is 0 Å². The Balaban J connectivity index is 2.93. The third-order valence-corrected chi connectivity index (χ3v) is 2.99. The molecule has 0 saturated heterocycles. The maximum Gasteiger partial charge on any atom is -0.0351 e. The molecule has 0 heteroatoms. The number of hydrogen-bond acceptors (Lipinski definition) is 0. The molecule has 0 spiro atoms. The lowest BCUT2D eigenvalue weighted by Gasteiger charge is -2.00. The molecule has 0 rings (SSSR count). The van der Waals surface area contributed by atoms with Crippen LogP contribution in [0.25, 0.3) is 0 Å². The summed E-state index contributed by atoms with van der Waals surface area (Å²) >= 11 is 0. The second-order valence-corrected chi connectivity index (χ2v) is 4.73. The summed E-state index contributed by atoms with van der Waals surface area (Å²) in [4.78, 5) is 0. The molecule has 0 N–H and O–H groups in total. The topological polar surface area (TPSA) is 0 Å². The van der Waals surface area contributed by atoms with Crippen molar-refractivity contribution < 1.29 is 0 Å². The van der Waals surface area contributed by atoms with Crippen LogP contribution >= 0.6 is 0 Å². The van der Waals surface area contributed by atoms with E-state index < -0.39 is 0 Å². The quantitative estimate of drug-likeness (QED) is 0.278. The summed E-state index contributed by atoms with van der Waals surface area (Å²) in [7, 11) is 0. The Morgan fingerprint density at radius 1 is 0.688 bits per heavy atom. The zero-order valence-corrected chi connectivity index (χ0v) is 11.3. The van der Waals surface area contributed by atoms with E-state index in [0.717, 1.165) is 6.42 Å². The molecule has 0 aromatic carbocycles. The van der Waals surface area contributed by atoms with E-state index in [0.29, 0.717) is 0 Å². The fourth-order valence-corrected chi connectivity index (χ4v) is 1.90. The predicted octanol–water partition coefficient (Wildman–Crippen LogP) is 6.08. The highest BCUT2D eigenvalue weighted by molar-refractivity contribution is 4.80. The van der Waals surface area contributed by atoms with Crippen molar-refractivity contribution in [2.24, 2.45) is 0 Å². The first-order chi connectivity index (χ1) is 7.91. The van der Waals surface area contributed by atoms with Crippen LogP contribution in [0.1, 0.15) is 84.0 Å². The zero-order chi connectivity index (χ0) is 11.9. The van der Waals surface area contributed by atoms with Crippen LogP contribution in [0.4, 0.5) is 0 Å². The summed E-state index contributed by atoms with van der Waals surface area (Å²) < 4.78 is 0. The van der Waals surface area contributed by atoms with Crippen LogP contribution in [-0.2, 0) is 0 Å². The molecule has 0 aromatic rings. The van der Waals surface area contributed by atoms with Gasteiger partial charge in [0.15, 0.2) is 0 Å². The van der Waals surface area contributed by atoms with Crippen LogP contribution in [0, 0.1) is 6.92 Å². The van der Waals surface area contributed by atoms with Gasteiger partial charge in [0, 0.05) is 0 Å². The van der Waals surface area contributed by atoms with Crippen LogP contribution in [0.2, 0.25) is 0 Å². The highest BCUT2D eigenvalue weighted by atomic mass is 14.0. The Morgan fingerprint density at radius 2 is 1.19 bits per heavy atom. The summed E-state index contributed by atoms with van der Waals surface area (Å²) in [5.41, 5.74) is 0. The molecule has 0 amide bonds. The Kier molecular flexibility index (Phi) is 14.5.